The molecule has 0 spiro atoms. The Morgan fingerprint density at radius 2 is 1.67 bits per heavy atom. The molecule has 246 valence electrons. The smallest absolute Gasteiger partial charge is 0.410 e. The van der Waals surface area contributed by atoms with Crippen molar-refractivity contribution >= 4 is 23.4 Å². The summed E-state index contributed by atoms with van der Waals surface area (Å²) in [6, 6.07) is 12.0. The van der Waals surface area contributed by atoms with E-state index in [0.717, 1.165) is 36.9 Å². The SMILES string of the molecule is CC(C)(C)OC(=O)N1CCC2C1CC(C1CCC1)CN2c1cnc(C#N)c(Nc2ccc(C3CCN(C4CCCC4)CC3)cc2)n1. The number of nitrogens with one attached hydrogen (secondary N) is 1. The van der Waals surface area contributed by atoms with E-state index in [1.54, 1.807) is 6.20 Å². The van der Waals surface area contributed by atoms with Gasteiger partial charge >= 0.3 is 6.09 Å². The summed E-state index contributed by atoms with van der Waals surface area (Å²) in [6.45, 7) is 9.78. The Morgan fingerprint density at radius 1 is 0.935 bits per heavy atom. The predicted molar refractivity (Wildman–Crippen MR) is 180 cm³/mol. The van der Waals surface area contributed by atoms with Crippen molar-refractivity contribution in [1.82, 2.24) is 19.8 Å². The molecule has 2 aliphatic carbocycles. The molecular weight excluding hydrogens is 574 g/mol. The number of rotatable bonds is 6. The summed E-state index contributed by atoms with van der Waals surface area (Å²) < 4.78 is 5.83. The van der Waals surface area contributed by atoms with Crippen LogP contribution in [0.5, 0.6) is 0 Å². The Balaban J connectivity index is 1.07. The van der Waals surface area contributed by atoms with Gasteiger partial charge in [0.15, 0.2) is 11.5 Å². The minimum Gasteiger partial charge on any atom is -0.444 e. The highest BCUT2D eigenvalue weighted by molar-refractivity contribution is 5.70. The number of fused-ring (bicyclic) bond motifs is 1. The molecule has 0 bridgehead atoms. The first kappa shape index (κ1) is 31.2. The Kier molecular flexibility index (Phi) is 8.84. The molecule has 1 aromatic heterocycles. The number of nitriles is 1. The lowest BCUT2D eigenvalue weighted by atomic mass is 9.71. The normalized spacial score (nSPS) is 26.4. The fraction of sp³-hybridized carbons (Fsp3) is 0.676. The van der Waals surface area contributed by atoms with Gasteiger partial charge in [-0.1, -0.05) is 44.2 Å². The molecule has 3 aliphatic heterocycles. The van der Waals surface area contributed by atoms with E-state index < -0.39 is 5.60 Å². The van der Waals surface area contributed by atoms with Gasteiger partial charge in [0.25, 0.3) is 0 Å². The number of nitrogens with zero attached hydrogens (tertiary/aromatic N) is 6. The number of ether oxygens (including phenoxy) is 1. The molecule has 3 atom stereocenters. The monoisotopic (exact) mass is 625 g/mol. The maximum Gasteiger partial charge on any atom is 0.410 e. The number of carbonyl (C=O) groups excluding carboxylic acids is 1. The molecule has 3 unspecified atom stereocenters. The van der Waals surface area contributed by atoms with Crippen LogP contribution in [0.2, 0.25) is 0 Å². The van der Waals surface area contributed by atoms with Gasteiger partial charge in [-0.15, -0.1) is 0 Å². The number of anilines is 3. The summed E-state index contributed by atoms with van der Waals surface area (Å²) in [5, 5.41) is 13.4. The van der Waals surface area contributed by atoms with E-state index in [9.17, 15) is 10.1 Å². The third-order valence-corrected chi connectivity index (χ3v) is 11.5. The molecule has 9 nitrogen and oxygen atoms in total. The molecule has 7 rings (SSSR count). The zero-order valence-electron chi connectivity index (χ0n) is 28.0. The summed E-state index contributed by atoms with van der Waals surface area (Å²) >= 11 is 0. The van der Waals surface area contributed by atoms with E-state index in [-0.39, 0.29) is 23.9 Å². The van der Waals surface area contributed by atoms with Crippen LogP contribution in [-0.4, -0.2) is 75.8 Å². The van der Waals surface area contributed by atoms with Gasteiger partial charge in [0.05, 0.1) is 18.3 Å². The first-order valence-corrected chi connectivity index (χ1v) is 17.9. The third kappa shape index (κ3) is 6.56. The number of hydrogen-bond acceptors (Lipinski definition) is 8. The van der Waals surface area contributed by atoms with Crippen molar-refractivity contribution in [2.45, 2.75) is 121 Å². The predicted octanol–water partition coefficient (Wildman–Crippen LogP) is 7.22. The fourth-order valence-electron chi connectivity index (χ4n) is 8.85. The van der Waals surface area contributed by atoms with Crippen molar-refractivity contribution < 1.29 is 9.53 Å². The van der Waals surface area contributed by atoms with Crippen molar-refractivity contribution in [2.24, 2.45) is 11.8 Å². The highest BCUT2D eigenvalue weighted by atomic mass is 16.6. The lowest BCUT2D eigenvalue weighted by Crippen LogP contribution is -2.56. The van der Waals surface area contributed by atoms with Gasteiger partial charge < -0.3 is 24.8 Å². The van der Waals surface area contributed by atoms with Crippen molar-refractivity contribution in [3.63, 3.8) is 0 Å². The average Bonchev–Trinajstić information content (AvgIpc) is 3.71. The highest BCUT2D eigenvalue weighted by Gasteiger charge is 2.48. The molecule has 9 heteroatoms. The van der Waals surface area contributed by atoms with Crippen molar-refractivity contribution in [1.29, 1.82) is 5.26 Å². The van der Waals surface area contributed by atoms with Gasteiger partial charge in [-0.3, -0.25) is 0 Å². The van der Waals surface area contributed by atoms with Gasteiger partial charge in [0.1, 0.15) is 17.5 Å². The standard InChI is InChI=1S/C37H51N7O2/c1-37(2,3)46-36(45)43-20-17-32-33(43)21-28(25-7-6-8-25)24-44(32)34-23-39-31(22-38)35(41-34)40-29-13-11-26(12-14-29)27-15-18-42(19-16-27)30-9-4-5-10-30/h11-14,23,25,27-28,30,32-33H,4-10,15-21,24H2,1-3H3,(H,40,41). The summed E-state index contributed by atoms with van der Waals surface area (Å²) in [4.78, 5) is 30.0. The maximum atomic E-state index is 13.3. The first-order chi connectivity index (χ1) is 22.3. The summed E-state index contributed by atoms with van der Waals surface area (Å²) in [6.07, 6.45) is 15.2. The van der Waals surface area contributed by atoms with Crippen LogP contribution in [0.3, 0.4) is 0 Å². The number of piperidine rings is 2. The molecule has 4 heterocycles. The molecule has 46 heavy (non-hydrogen) atoms. The number of carbonyl (C=O) groups is 1. The van der Waals surface area contributed by atoms with Crippen molar-refractivity contribution in [3.8, 4) is 6.07 Å². The zero-order chi connectivity index (χ0) is 31.8. The van der Waals surface area contributed by atoms with E-state index in [4.69, 9.17) is 9.72 Å². The second-order valence-electron chi connectivity index (χ2n) is 15.5. The Bertz CT molecular complexity index is 1410. The van der Waals surface area contributed by atoms with E-state index in [0.29, 0.717) is 30.1 Å². The number of hydrogen-bond donors (Lipinski definition) is 1. The Labute approximate surface area is 274 Å². The average molecular weight is 626 g/mol. The van der Waals surface area contributed by atoms with Crippen LogP contribution in [0.1, 0.15) is 109 Å². The quantitative estimate of drug-likeness (QED) is 0.360. The Hall–Kier alpha value is -3.38. The van der Waals surface area contributed by atoms with Crippen LogP contribution in [0.4, 0.5) is 22.1 Å². The molecule has 1 aromatic carbocycles. The maximum absolute atomic E-state index is 13.3. The van der Waals surface area contributed by atoms with Gasteiger partial charge in [-0.2, -0.15) is 5.26 Å². The minimum absolute atomic E-state index is 0.0839. The number of aromatic nitrogens is 2. The van der Waals surface area contributed by atoms with Gasteiger partial charge in [-0.05, 0) is 108 Å². The number of likely N-dealkylation sites (tertiary alicyclic amines) is 2. The van der Waals surface area contributed by atoms with Crippen molar-refractivity contribution in [2.75, 3.05) is 36.4 Å². The fourth-order valence-corrected chi connectivity index (χ4v) is 8.85. The Morgan fingerprint density at radius 3 is 2.33 bits per heavy atom. The molecule has 2 aromatic rings. The topological polar surface area (TPSA) is 97.6 Å². The van der Waals surface area contributed by atoms with Gasteiger partial charge in [-0.25, -0.2) is 14.8 Å². The third-order valence-electron chi connectivity index (χ3n) is 11.5. The van der Waals surface area contributed by atoms with E-state index >= 15 is 0 Å². The molecule has 1 N–H and O–H groups in total. The molecule has 3 saturated heterocycles. The van der Waals surface area contributed by atoms with Gasteiger partial charge in [0.2, 0.25) is 0 Å². The lowest BCUT2D eigenvalue weighted by molar-refractivity contribution is 0.0159. The second-order valence-corrected chi connectivity index (χ2v) is 15.5. The summed E-state index contributed by atoms with van der Waals surface area (Å²) in [7, 11) is 0. The molecule has 0 radical (unpaired) electrons. The molecule has 2 saturated carbocycles. The van der Waals surface area contributed by atoms with E-state index in [1.807, 2.05) is 25.7 Å². The highest BCUT2D eigenvalue weighted by Crippen LogP contribution is 2.44. The second kappa shape index (κ2) is 13.0. The number of benzene rings is 1. The molecule has 5 aliphatic rings. The van der Waals surface area contributed by atoms with E-state index in [2.05, 4.69) is 50.4 Å². The van der Waals surface area contributed by atoms with Gasteiger partial charge in [0, 0.05) is 24.8 Å². The minimum atomic E-state index is -0.527. The van der Waals surface area contributed by atoms with E-state index in [1.165, 1.54) is 76.4 Å². The van der Waals surface area contributed by atoms with Crippen molar-refractivity contribution in [3.05, 3.63) is 41.7 Å². The molecular formula is C37H51N7O2. The summed E-state index contributed by atoms with van der Waals surface area (Å²) in [5.74, 6) is 3.04. The largest absolute Gasteiger partial charge is 0.444 e. The van der Waals surface area contributed by atoms with Crippen LogP contribution >= 0.6 is 0 Å². The molecule has 1 amide bonds. The van der Waals surface area contributed by atoms with Crippen LogP contribution in [0.25, 0.3) is 0 Å². The molecule has 5 fully saturated rings. The summed E-state index contributed by atoms with van der Waals surface area (Å²) in [5.41, 5.74) is 2.07. The van der Waals surface area contributed by atoms with Crippen LogP contribution in [-0.2, 0) is 4.74 Å². The van der Waals surface area contributed by atoms with Crippen LogP contribution in [0, 0.1) is 23.2 Å². The first-order valence-electron chi connectivity index (χ1n) is 17.9. The lowest BCUT2D eigenvalue weighted by Gasteiger charge is -2.48. The van der Waals surface area contributed by atoms with Crippen LogP contribution in [0.15, 0.2) is 30.5 Å². The number of amides is 1. The zero-order valence-corrected chi connectivity index (χ0v) is 28.0. The van der Waals surface area contributed by atoms with Crippen LogP contribution < -0.4 is 10.2 Å².